The normalized spacial score (nSPS) is 15.5. The fourth-order valence-corrected chi connectivity index (χ4v) is 4.96. The molecule has 1 N–H and O–H groups in total. The Morgan fingerprint density at radius 1 is 1.00 bits per heavy atom. The van der Waals surface area contributed by atoms with Crippen LogP contribution in [0.5, 0.6) is 11.5 Å². The lowest BCUT2D eigenvalue weighted by Crippen LogP contribution is -2.41. The number of nitrogens with one attached hydrogen (secondary N) is 1. The first kappa shape index (κ1) is 22.1. The van der Waals surface area contributed by atoms with Gasteiger partial charge in [0.15, 0.2) is 11.5 Å². The zero-order chi connectivity index (χ0) is 21.6. The molecule has 1 aliphatic heterocycles. The molecule has 7 nitrogen and oxygen atoms in total. The molecular formula is C22H28N2O5S. The molecule has 1 saturated heterocycles. The lowest BCUT2D eigenvalue weighted by molar-refractivity contribution is -0.120. The van der Waals surface area contributed by atoms with Crippen molar-refractivity contribution in [3.63, 3.8) is 0 Å². The van der Waals surface area contributed by atoms with Crippen molar-refractivity contribution < 1.29 is 22.7 Å². The topological polar surface area (TPSA) is 84.9 Å². The van der Waals surface area contributed by atoms with Crippen LogP contribution in [-0.4, -0.2) is 44.9 Å². The average molecular weight is 433 g/mol. The van der Waals surface area contributed by atoms with Crippen LogP contribution in [0.4, 0.5) is 5.69 Å². The summed E-state index contributed by atoms with van der Waals surface area (Å²) in [5, 5.41) is 2.92. The summed E-state index contributed by atoms with van der Waals surface area (Å²) in [5.41, 5.74) is 0.631. The minimum absolute atomic E-state index is 0.113. The number of hydrogen-bond donors (Lipinski definition) is 1. The van der Waals surface area contributed by atoms with Crippen LogP contribution in [0, 0.1) is 5.92 Å². The number of benzene rings is 2. The van der Waals surface area contributed by atoms with E-state index in [2.05, 4.69) is 5.32 Å². The third-order valence-corrected chi connectivity index (χ3v) is 6.93. The molecule has 1 amide bonds. The van der Waals surface area contributed by atoms with Gasteiger partial charge in [0.05, 0.1) is 18.1 Å². The van der Waals surface area contributed by atoms with E-state index >= 15 is 0 Å². The van der Waals surface area contributed by atoms with E-state index in [1.165, 1.54) is 4.31 Å². The van der Waals surface area contributed by atoms with Crippen LogP contribution in [0.3, 0.4) is 0 Å². The van der Waals surface area contributed by atoms with Crippen LogP contribution >= 0.6 is 0 Å². The first-order chi connectivity index (χ1) is 14.5. The fraction of sp³-hybridized carbons (Fsp3) is 0.409. The van der Waals surface area contributed by atoms with Crippen LogP contribution in [0.25, 0.3) is 0 Å². The average Bonchev–Trinajstić information content (AvgIpc) is 2.76. The Bertz CT molecular complexity index is 955. The maximum Gasteiger partial charge on any atom is 0.243 e. The van der Waals surface area contributed by atoms with Crippen molar-refractivity contribution in [1.29, 1.82) is 0 Å². The van der Waals surface area contributed by atoms with Gasteiger partial charge in [0, 0.05) is 30.8 Å². The van der Waals surface area contributed by atoms with Gasteiger partial charge in [-0.2, -0.15) is 4.31 Å². The van der Waals surface area contributed by atoms with Crippen molar-refractivity contribution in [3.05, 3.63) is 48.5 Å². The monoisotopic (exact) mass is 432 g/mol. The summed E-state index contributed by atoms with van der Waals surface area (Å²) in [4.78, 5) is 13.0. The van der Waals surface area contributed by atoms with Crippen LogP contribution in [0.2, 0.25) is 0 Å². The molecule has 30 heavy (non-hydrogen) atoms. The summed E-state index contributed by atoms with van der Waals surface area (Å²) >= 11 is 0. The zero-order valence-corrected chi connectivity index (χ0v) is 18.2. The van der Waals surface area contributed by atoms with Crippen LogP contribution < -0.4 is 14.8 Å². The highest BCUT2D eigenvalue weighted by Gasteiger charge is 2.32. The van der Waals surface area contributed by atoms with Crippen molar-refractivity contribution in [1.82, 2.24) is 4.31 Å². The van der Waals surface area contributed by atoms with Crippen molar-refractivity contribution in [3.8, 4) is 11.5 Å². The van der Waals surface area contributed by atoms with Crippen molar-refractivity contribution >= 4 is 21.6 Å². The smallest absolute Gasteiger partial charge is 0.243 e. The number of rotatable bonds is 8. The molecule has 2 aromatic carbocycles. The Labute approximate surface area is 178 Å². The van der Waals surface area contributed by atoms with E-state index in [0.29, 0.717) is 56.3 Å². The molecule has 1 heterocycles. The molecule has 0 spiro atoms. The predicted molar refractivity (Wildman–Crippen MR) is 115 cm³/mol. The lowest BCUT2D eigenvalue weighted by atomic mass is 9.97. The largest absolute Gasteiger partial charge is 0.490 e. The highest BCUT2D eigenvalue weighted by Crippen LogP contribution is 2.31. The second-order valence-corrected chi connectivity index (χ2v) is 8.95. The van der Waals surface area contributed by atoms with Gasteiger partial charge in [-0.05, 0) is 51.0 Å². The molecule has 2 aromatic rings. The molecule has 0 aliphatic carbocycles. The lowest BCUT2D eigenvalue weighted by Gasteiger charge is -2.30. The quantitative estimate of drug-likeness (QED) is 0.690. The van der Waals surface area contributed by atoms with Gasteiger partial charge in [-0.15, -0.1) is 0 Å². The molecule has 0 saturated carbocycles. The Kier molecular flexibility index (Phi) is 7.33. The number of piperidine rings is 1. The van der Waals surface area contributed by atoms with Gasteiger partial charge in [0.25, 0.3) is 0 Å². The second-order valence-electron chi connectivity index (χ2n) is 7.01. The summed E-state index contributed by atoms with van der Waals surface area (Å²) in [6.07, 6.45) is 0.959. The van der Waals surface area contributed by atoms with Crippen molar-refractivity contribution in [2.75, 3.05) is 31.6 Å². The maximum absolute atomic E-state index is 12.7. The van der Waals surface area contributed by atoms with E-state index in [4.69, 9.17) is 9.47 Å². The number of carbonyl (C=O) groups is 1. The molecule has 0 radical (unpaired) electrons. The molecule has 1 fully saturated rings. The molecular weight excluding hydrogens is 404 g/mol. The first-order valence-corrected chi connectivity index (χ1v) is 11.7. The van der Waals surface area contributed by atoms with E-state index in [9.17, 15) is 13.2 Å². The summed E-state index contributed by atoms with van der Waals surface area (Å²) < 4.78 is 38.1. The van der Waals surface area contributed by atoms with Gasteiger partial charge in [0.2, 0.25) is 15.9 Å². The summed E-state index contributed by atoms with van der Waals surface area (Å²) in [6, 6.07) is 13.7. The highest BCUT2D eigenvalue weighted by molar-refractivity contribution is 7.89. The van der Waals surface area contributed by atoms with Crippen molar-refractivity contribution in [2.45, 2.75) is 31.6 Å². The van der Waals surface area contributed by atoms with Crippen LogP contribution in [0.1, 0.15) is 26.7 Å². The minimum atomic E-state index is -3.52. The zero-order valence-electron chi connectivity index (χ0n) is 17.3. The first-order valence-electron chi connectivity index (χ1n) is 10.2. The summed E-state index contributed by atoms with van der Waals surface area (Å²) in [5.74, 6) is 0.866. The standard InChI is InChI=1S/C22H28N2O5S/c1-3-28-20-11-10-18(16-21(20)29-4-2)23-22(25)17-12-14-24(15-13-17)30(26,27)19-8-6-5-7-9-19/h5-11,16-17H,3-4,12-15H2,1-2H3,(H,23,25). The molecule has 0 aromatic heterocycles. The van der Waals surface area contributed by atoms with E-state index in [0.717, 1.165) is 0 Å². The Morgan fingerprint density at radius 3 is 2.27 bits per heavy atom. The molecule has 0 bridgehead atoms. The molecule has 8 heteroatoms. The van der Waals surface area contributed by atoms with E-state index in [1.54, 1.807) is 48.5 Å². The Morgan fingerprint density at radius 2 is 1.63 bits per heavy atom. The number of ether oxygens (including phenoxy) is 2. The van der Waals surface area contributed by atoms with E-state index < -0.39 is 10.0 Å². The van der Waals surface area contributed by atoms with Gasteiger partial charge in [-0.3, -0.25) is 4.79 Å². The van der Waals surface area contributed by atoms with Gasteiger partial charge in [-0.1, -0.05) is 18.2 Å². The molecule has 162 valence electrons. The number of carbonyl (C=O) groups excluding carboxylic acids is 1. The maximum atomic E-state index is 12.7. The third-order valence-electron chi connectivity index (χ3n) is 5.02. The number of hydrogen-bond acceptors (Lipinski definition) is 5. The molecule has 0 atom stereocenters. The number of amides is 1. The van der Waals surface area contributed by atoms with Crippen LogP contribution in [0.15, 0.2) is 53.4 Å². The number of nitrogens with zero attached hydrogens (tertiary/aromatic N) is 1. The summed E-state index contributed by atoms with van der Waals surface area (Å²) in [7, 11) is -3.52. The SMILES string of the molecule is CCOc1ccc(NC(=O)C2CCN(S(=O)(=O)c3ccccc3)CC2)cc1OCC. The number of sulfonamides is 1. The molecule has 0 unspecified atom stereocenters. The van der Waals surface area contributed by atoms with Gasteiger partial charge < -0.3 is 14.8 Å². The molecule has 1 aliphatic rings. The van der Waals surface area contributed by atoms with Gasteiger partial charge in [-0.25, -0.2) is 8.42 Å². The summed E-state index contributed by atoms with van der Waals surface area (Å²) in [6.45, 7) is 5.45. The van der Waals surface area contributed by atoms with Crippen LogP contribution in [-0.2, 0) is 14.8 Å². The fourth-order valence-electron chi connectivity index (χ4n) is 3.47. The Hall–Kier alpha value is -2.58. The second kappa shape index (κ2) is 9.95. The minimum Gasteiger partial charge on any atom is -0.490 e. The van der Waals surface area contributed by atoms with Crippen molar-refractivity contribution in [2.24, 2.45) is 5.92 Å². The van der Waals surface area contributed by atoms with E-state index in [-0.39, 0.29) is 16.7 Å². The Balaban J connectivity index is 1.61. The van der Waals surface area contributed by atoms with E-state index in [1.807, 2.05) is 13.8 Å². The predicted octanol–water partition coefficient (Wildman–Crippen LogP) is 3.52. The number of anilines is 1. The highest BCUT2D eigenvalue weighted by atomic mass is 32.2. The molecule has 3 rings (SSSR count). The van der Waals surface area contributed by atoms with Gasteiger partial charge in [0.1, 0.15) is 0 Å². The third kappa shape index (κ3) is 5.12. The van der Waals surface area contributed by atoms with Gasteiger partial charge >= 0.3 is 0 Å².